The SMILES string of the molecule is C#CCOc1c(Cl)cc(/C=C(\C#N)C(=O)c2cccc([N+](=O)[O-])c2)cc1OCC. The van der Waals surface area contributed by atoms with E-state index in [1.54, 1.807) is 13.0 Å². The molecule has 0 bridgehead atoms. The van der Waals surface area contributed by atoms with Crippen LogP contribution < -0.4 is 9.47 Å². The fourth-order valence-electron chi connectivity index (χ4n) is 2.42. The third kappa shape index (κ3) is 5.35. The number of halogens is 1. The van der Waals surface area contributed by atoms with Crippen LogP contribution in [0.15, 0.2) is 42.0 Å². The van der Waals surface area contributed by atoms with E-state index in [2.05, 4.69) is 5.92 Å². The molecule has 0 radical (unpaired) electrons. The minimum absolute atomic E-state index is 0.0102. The molecule has 0 amide bonds. The Kier molecular flexibility index (Phi) is 7.36. The van der Waals surface area contributed by atoms with Gasteiger partial charge < -0.3 is 9.47 Å². The molecule has 146 valence electrons. The summed E-state index contributed by atoms with van der Waals surface area (Å²) in [6.07, 6.45) is 6.52. The number of non-ortho nitro benzene ring substituents is 1. The van der Waals surface area contributed by atoms with Gasteiger partial charge in [-0.2, -0.15) is 5.26 Å². The van der Waals surface area contributed by atoms with Crippen molar-refractivity contribution >= 4 is 29.1 Å². The largest absolute Gasteiger partial charge is 0.490 e. The van der Waals surface area contributed by atoms with Crippen LogP contribution in [0.1, 0.15) is 22.8 Å². The molecule has 0 saturated heterocycles. The number of terminal acetylenes is 1. The standard InChI is InChI=1S/C21H15ClN2O5/c1-3-8-29-21-18(22)10-14(11-19(21)28-4-2)9-16(13-23)20(25)15-6-5-7-17(12-15)24(26)27/h1,5-7,9-12H,4,8H2,2H3/b16-9+. The maximum atomic E-state index is 12.6. The number of allylic oxidation sites excluding steroid dienone is 1. The van der Waals surface area contributed by atoms with Gasteiger partial charge in [0.2, 0.25) is 5.78 Å². The molecule has 0 unspecified atom stereocenters. The van der Waals surface area contributed by atoms with Crippen LogP contribution in [-0.4, -0.2) is 23.9 Å². The summed E-state index contributed by atoms with van der Waals surface area (Å²) in [6.45, 7) is 2.09. The molecule has 8 heteroatoms. The van der Waals surface area contributed by atoms with Crippen LogP contribution in [0.3, 0.4) is 0 Å². The molecule has 29 heavy (non-hydrogen) atoms. The highest BCUT2D eigenvalue weighted by Crippen LogP contribution is 2.37. The number of ether oxygens (including phenoxy) is 2. The summed E-state index contributed by atoms with van der Waals surface area (Å²) in [5.41, 5.74) is -0.0231. The van der Waals surface area contributed by atoms with Gasteiger partial charge in [-0.05, 0) is 30.7 Å². The lowest BCUT2D eigenvalue weighted by Gasteiger charge is -2.13. The van der Waals surface area contributed by atoms with Gasteiger partial charge in [0, 0.05) is 17.7 Å². The Balaban J connectivity index is 2.46. The van der Waals surface area contributed by atoms with Crippen molar-refractivity contribution in [1.82, 2.24) is 0 Å². The Labute approximate surface area is 172 Å². The highest BCUT2D eigenvalue weighted by molar-refractivity contribution is 6.32. The lowest BCUT2D eigenvalue weighted by Crippen LogP contribution is -2.03. The first-order chi connectivity index (χ1) is 13.9. The molecule has 2 rings (SSSR count). The second-order valence-electron chi connectivity index (χ2n) is 5.56. The maximum absolute atomic E-state index is 12.6. The molecule has 0 fully saturated rings. The summed E-state index contributed by atoms with van der Waals surface area (Å²) in [7, 11) is 0. The lowest BCUT2D eigenvalue weighted by molar-refractivity contribution is -0.384. The van der Waals surface area contributed by atoms with Crippen LogP contribution in [0.5, 0.6) is 11.5 Å². The predicted octanol–water partition coefficient (Wildman–Crippen LogP) is 4.45. The van der Waals surface area contributed by atoms with Crippen molar-refractivity contribution in [2.75, 3.05) is 13.2 Å². The smallest absolute Gasteiger partial charge is 0.270 e. The Morgan fingerprint density at radius 1 is 1.34 bits per heavy atom. The van der Waals surface area contributed by atoms with Gasteiger partial charge in [0.1, 0.15) is 18.2 Å². The summed E-state index contributed by atoms with van der Waals surface area (Å²) in [5.74, 6) is 2.24. The van der Waals surface area contributed by atoms with E-state index >= 15 is 0 Å². The van der Waals surface area contributed by atoms with Crippen molar-refractivity contribution in [3.05, 3.63) is 68.2 Å². The number of carbonyl (C=O) groups is 1. The number of rotatable bonds is 8. The van der Waals surface area contributed by atoms with Crippen molar-refractivity contribution in [3.8, 4) is 29.9 Å². The maximum Gasteiger partial charge on any atom is 0.270 e. The number of nitrogens with zero attached hydrogens (tertiary/aromatic N) is 2. The van der Waals surface area contributed by atoms with E-state index in [4.69, 9.17) is 27.5 Å². The minimum atomic E-state index is -0.655. The fraction of sp³-hybridized carbons (Fsp3) is 0.143. The number of nitriles is 1. The zero-order valence-corrected chi connectivity index (χ0v) is 16.1. The average molecular weight is 411 g/mol. The molecule has 0 atom stereocenters. The molecule has 0 aliphatic carbocycles. The van der Waals surface area contributed by atoms with Crippen molar-refractivity contribution in [1.29, 1.82) is 5.26 Å². The third-order valence-corrected chi connectivity index (χ3v) is 3.91. The quantitative estimate of drug-likeness (QED) is 0.159. The third-order valence-electron chi connectivity index (χ3n) is 3.63. The van der Waals surface area contributed by atoms with Gasteiger partial charge in [0.25, 0.3) is 5.69 Å². The van der Waals surface area contributed by atoms with Gasteiger partial charge >= 0.3 is 0 Å². The van der Waals surface area contributed by atoms with E-state index in [-0.39, 0.29) is 34.2 Å². The first-order valence-electron chi connectivity index (χ1n) is 8.34. The molecule has 0 spiro atoms. The van der Waals surface area contributed by atoms with Crippen molar-refractivity contribution in [2.24, 2.45) is 0 Å². The van der Waals surface area contributed by atoms with Crippen LogP contribution in [0, 0.1) is 33.8 Å². The van der Waals surface area contributed by atoms with Gasteiger partial charge in [-0.15, -0.1) is 6.42 Å². The number of ketones is 1. The summed E-state index contributed by atoms with van der Waals surface area (Å²) in [6, 6.07) is 10.0. The normalized spacial score (nSPS) is 10.6. The van der Waals surface area contributed by atoms with Gasteiger partial charge in [0.15, 0.2) is 11.5 Å². The van der Waals surface area contributed by atoms with Crippen LogP contribution >= 0.6 is 11.6 Å². The first kappa shape index (κ1) is 21.5. The molecule has 0 aromatic heterocycles. The Bertz CT molecular complexity index is 1060. The van der Waals surface area contributed by atoms with Gasteiger partial charge in [0.05, 0.1) is 16.6 Å². The summed E-state index contributed by atoms with van der Waals surface area (Å²) >= 11 is 6.24. The summed E-state index contributed by atoms with van der Waals surface area (Å²) in [4.78, 5) is 22.9. The molecule has 0 heterocycles. The highest BCUT2D eigenvalue weighted by Gasteiger charge is 2.17. The molecule has 0 N–H and O–H groups in total. The molecular weight excluding hydrogens is 396 g/mol. The number of hydrogen-bond donors (Lipinski definition) is 0. The van der Waals surface area contributed by atoms with E-state index in [0.29, 0.717) is 17.9 Å². The zero-order chi connectivity index (χ0) is 21.4. The minimum Gasteiger partial charge on any atom is -0.490 e. The molecule has 2 aromatic rings. The van der Waals surface area contributed by atoms with Crippen LogP contribution in [0.4, 0.5) is 5.69 Å². The number of nitro groups is 1. The van der Waals surface area contributed by atoms with Gasteiger partial charge in [-0.25, -0.2) is 0 Å². The van der Waals surface area contributed by atoms with E-state index < -0.39 is 10.7 Å². The molecule has 2 aromatic carbocycles. The van der Waals surface area contributed by atoms with Gasteiger partial charge in [-0.1, -0.05) is 29.7 Å². The number of Topliss-reactive ketones (excluding diaryl/α,β-unsaturated/α-hetero) is 1. The zero-order valence-electron chi connectivity index (χ0n) is 15.3. The summed E-state index contributed by atoms with van der Waals surface area (Å²) in [5, 5.41) is 20.5. The van der Waals surface area contributed by atoms with Crippen molar-refractivity contribution < 1.29 is 19.2 Å². The number of benzene rings is 2. The second kappa shape index (κ2) is 9.93. The number of carbonyl (C=O) groups excluding carboxylic acids is 1. The molecule has 0 aliphatic heterocycles. The molecule has 7 nitrogen and oxygen atoms in total. The van der Waals surface area contributed by atoms with Crippen molar-refractivity contribution in [3.63, 3.8) is 0 Å². The Morgan fingerprint density at radius 3 is 2.72 bits per heavy atom. The topological polar surface area (TPSA) is 102 Å². The molecule has 0 saturated carbocycles. The monoisotopic (exact) mass is 410 g/mol. The van der Waals surface area contributed by atoms with Crippen LogP contribution in [0.2, 0.25) is 5.02 Å². The average Bonchev–Trinajstić information content (AvgIpc) is 2.71. The van der Waals surface area contributed by atoms with Crippen LogP contribution in [0.25, 0.3) is 6.08 Å². The molecule has 0 aliphatic rings. The Morgan fingerprint density at radius 2 is 2.10 bits per heavy atom. The first-order valence-corrected chi connectivity index (χ1v) is 8.72. The number of hydrogen-bond acceptors (Lipinski definition) is 6. The fourth-order valence-corrected chi connectivity index (χ4v) is 2.69. The lowest BCUT2D eigenvalue weighted by atomic mass is 10.0. The van der Waals surface area contributed by atoms with Crippen LogP contribution in [-0.2, 0) is 0 Å². The predicted molar refractivity (Wildman–Crippen MR) is 108 cm³/mol. The van der Waals surface area contributed by atoms with Gasteiger partial charge in [-0.3, -0.25) is 14.9 Å². The highest BCUT2D eigenvalue weighted by atomic mass is 35.5. The van der Waals surface area contributed by atoms with E-state index in [9.17, 15) is 20.2 Å². The van der Waals surface area contributed by atoms with E-state index in [0.717, 1.165) is 6.07 Å². The van der Waals surface area contributed by atoms with E-state index in [1.165, 1.54) is 30.3 Å². The van der Waals surface area contributed by atoms with E-state index in [1.807, 2.05) is 6.07 Å². The number of nitro benzene ring substituents is 1. The second-order valence-corrected chi connectivity index (χ2v) is 5.97. The summed E-state index contributed by atoms with van der Waals surface area (Å²) < 4.78 is 10.9. The molecular formula is C21H15ClN2O5. The Hall–Kier alpha value is -3.81. The van der Waals surface area contributed by atoms with Crippen molar-refractivity contribution in [2.45, 2.75) is 6.92 Å².